The van der Waals surface area contributed by atoms with Crippen LogP contribution in [0.5, 0.6) is 0 Å². The molecule has 7 heteroatoms. The summed E-state index contributed by atoms with van der Waals surface area (Å²) >= 11 is 0. The van der Waals surface area contributed by atoms with Gasteiger partial charge in [0.1, 0.15) is 18.2 Å². The zero-order chi connectivity index (χ0) is 14.5. The van der Waals surface area contributed by atoms with E-state index in [9.17, 15) is 0 Å². The second-order valence-electron chi connectivity index (χ2n) is 4.21. The van der Waals surface area contributed by atoms with E-state index in [0.717, 1.165) is 11.4 Å². The van der Waals surface area contributed by atoms with E-state index in [-0.39, 0.29) is 5.69 Å². The lowest BCUT2D eigenvalue weighted by molar-refractivity contribution is 0.975. The molecule has 0 radical (unpaired) electrons. The Balaban J connectivity index is 1.77. The Hall–Kier alpha value is -3.27. The third kappa shape index (κ3) is 2.84. The summed E-state index contributed by atoms with van der Waals surface area (Å²) in [6.07, 6.45) is 9.99. The van der Waals surface area contributed by atoms with Gasteiger partial charge in [0.2, 0.25) is 0 Å². The minimum Gasteiger partial charge on any atom is -0.364 e. The van der Waals surface area contributed by atoms with Crippen LogP contribution in [0.25, 0.3) is 5.82 Å². The van der Waals surface area contributed by atoms with Gasteiger partial charge in [-0.1, -0.05) is 0 Å². The summed E-state index contributed by atoms with van der Waals surface area (Å²) in [6.45, 7) is 0.525. The zero-order valence-electron chi connectivity index (χ0n) is 11.0. The molecule has 1 N–H and O–H groups in total. The second-order valence-corrected chi connectivity index (χ2v) is 4.21. The molecule has 0 unspecified atom stereocenters. The van der Waals surface area contributed by atoms with E-state index in [1.165, 1.54) is 6.20 Å². The molecule has 3 rings (SSSR count). The first-order chi connectivity index (χ1) is 10.4. The highest BCUT2D eigenvalue weighted by Crippen LogP contribution is 2.11. The van der Waals surface area contributed by atoms with E-state index >= 15 is 0 Å². The zero-order valence-corrected chi connectivity index (χ0v) is 11.0. The lowest BCUT2D eigenvalue weighted by Crippen LogP contribution is -2.05. The van der Waals surface area contributed by atoms with Crippen LogP contribution in [0.1, 0.15) is 11.3 Å². The Morgan fingerprint density at radius 1 is 1.14 bits per heavy atom. The molecule has 0 aliphatic heterocycles. The van der Waals surface area contributed by atoms with Crippen LogP contribution in [-0.4, -0.2) is 24.5 Å². The van der Waals surface area contributed by atoms with E-state index < -0.39 is 0 Å². The highest BCUT2D eigenvalue weighted by Gasteiger charge is 2.04. The predicted octanol–water partition coefficient (Wildman–Crippen LogP) is 1.54. The van der Waals surface area contributed by atoms with Crippen LogP contribution in [0, 0.1) is 11.3 Å². The van der Waals surface area contributed by atoms with Gasteiger partial charge in [0.25, 0.3) is 0 Å². The Kier molecular flexibility index (Phi) is 3.52. The number of pyridine rings is 1. The molecule has 3 aromatic heterocycles. The van der Waals surface area contributed by atoms with E-state index in [1.54, 1.807) is 24.9 Å². The smallest absolute Gasteiger partial charge is 0.182 e. The Morgan fingerprint density at radius 2 is 2.05 bits per heavy atom. The molecule has 21 heavy (non-hydrogen) atoms. The fraction of sp³-hybridized carbons (Fsp3) is 0.0714. The quantitative estimate of drug-likeness (QED) is 0.777. The number of nitrogens with zero attached hydrogens (tertiary/aromatic N) is 6. The van der Waals surface area contributed by atoms with Crippen molar-refractivity contribution in [3.8, 4) is 11.9 Å². The largest absolute Gasteiger partial charge is 0.364 e. The monoisotopic (exact) mass is 277 g/mol. The number of hydrogen-bond acceptors (Lipinski definition) is 6. The number of hydrogen-bond donors (Lipinski definition) is 1. The summed E-state index contributed by atoms with van der Waals surface area (Å²) in [6, 6.07) is 5.84. The number of rotatable bonds is 4. The Morgan fingerprint density at radius 3 is 2.86 bits per heavy atom. The number of aromatic nitrogens is 5. The van der Waals surface area contributed by atoms with Crippen molar-refractivity contribution in [3.05, 3.63) is 60.7 Å². The van der Waals surface area contributed by atoms with E-state index in [2.05, 4.69) is 25.3 Å². The molecule has 0 bridgehead atoms. The van der Waals surface area contributed by atoms with Gasteiger partial charge in [-0.05, 0) is 17.7 Å². The summed E-state index contributed by atoms with van der Waals surface area (Å²) in [5.41, 5.74) is 1.30. The molecule has 102 valence electrons. The van der Waals surface area contributed by atoms with Crippen molar-refractivity contribution < 1.29 is 0 Å². The van der Waals surface area contributed by atoms with Gasteiger partial charge in [0, 0.05) is 37.5 Å². The number of nitrogens with one attached hydrogen (secondary N) is 1. The molecule has 3 aromatic rings. The average molecular weight is 277 g/mol. The van der Waals surface area contributed by atoms with Crippen LogP contribution in [0.15, 0.2) is 49.4 Å². The SMILES string of the molecule is N#Cc1nccnc1NCc1ccnc(-n2ccnc2)c1. The number of imidazole rings is 1. The van der Waals surface area contributed by atoms with Gasteiger partial charge in [0.15, 0.2) is 11.5 Å². The van der Waals surface area contributed by atoms with Crippen molar-refractivity contribution in [1.29, 1.82) is 5.26 Å². The summed E-state index contributed by atoms with van der Waals surface area (Å²) in [5.74, 6) is 1.26. The molecular formula is C14H11N7. The predicted molar refractivity (Wildman–Crippen MR) is 75.4 cm³/mol. The van der Waals surface area contributed by atoms with Gasteiger partial charge < -0.3 is 5.32 Å². The molecule has 0 fully saturated rings. The highest BCUT2D eigenvalue weighted by atomic mass is 15.1. The van der Waals surface area contributed by atoms with Crippen molar-refractivity contribution in [3.63, 3.8) is 0 Å². The van der Waals surface area contributed by atoms with E-state index in [1.807, 2.05) is 29.0 Å². The summed E-state index contributed by atoms with van der Waals surface area (Å²) < 4.78 is 1.83. The van der Waals surface area contributed by atoms with E-state index in [0.29, 0.717) is 12.4 Å². The highest BCUT2D eigenvalue weighted by molar-refractivity contribution is 5.47. The molecule has 0 spiro atoms. The van der Waals surface area contributed by atoms with Gasteiger partial charge in [0.05, 0.1) is 0 Å². The van der Waals surface area contributed by atoms with Crippen LogP contribution < -0.4 is 5.32 Å². The molecular weight excluding hydrogens is 266 g/mol. The fourth-order valence-corrected chi connectivity index (χ4v) is 1.84. The standard InChI is InChI=1S/C14H11N7/c15-8-12-14(19-4-3-17-12)20-9-11-1-2-18-13(7-11)21-6-5-16-10-21/h1-7,10H,9H2,(H,19,20). The topological polar surface area (TPSA) is 92.3 Å². The molecule has 0 aliphatic rings. The molecule has 0 aliphatic carbocycles. The fourth-order valence-electron chi connectivity index (χ4n) is 1.84. The summed E-state index contributed by atoms with van der Waals surface area (Å²) in [4.78, 5) is 16.3. The van der Waals surface area contributed by atoms with Gasteiger partial charge >= 0.3 is 0 Å². The average Bonchev–Trinajstić information content (AvgIpc) is 3.08. The van der Waals surface area contributed by atoms with Crippen molar-refractivity contribution in [1.82, 2.24) is 24.5 Å². The second kappa shape index (κ2) is 5.79. The molecule has 0 aromatic carbocycles. The summed E-state index contributed by atoms with van der Waals surface area (Å²) in [5, 5.41) is 12.1. The number of nitriles is 1. The van der Waals surface area contributed by atoms with Gasteiger partial charge in [-0.25, -0.2) is 19.9 Å². The maximum Gasteiger partial charge on any atom is 0.182 e. The van der Waals surface area contributed by atoms with Gasteiger partial charge in [-0.15, -0.1) is 0 Å². The molecule has 0 amide bonds. The van der Waals surface area contributed by atoms with Gasteiger partial charge in [-0.3, -0.25) is 4.57 Å². The maximum absolute atomic E-state index is 8.97. The lowest BCUT2D eigenvalue weighted by Gasteiger charge is -2.08. The molecule has 0 saturated heterocycles. The van der Waals surface area contributed by atoms with E-state index in [4.69, 9.17) is 5.26 Å². The molecule has 7 nitrogen and oxygen atoms in total. The van der Waals surface area contributed by atoms with Crippen LogP contribution in [0.3, 0.4) is 0 Å². The minimum absolute atomic E-state index is 0.279. The van der Waals surface area contributed by atoms with Crippen LogP contribution in [0.4, 0.5) is 5.82 Å². The maximum atomic E-state index is 8.97. The molecule has 0 atom stereocenters. The van der Waals surface area contributed by atoms with Crippen molar-refractivity contribution in [2.45, 2.75) is 6.54 Å². The Labute approximate surface area is 121 Å². The third-order valence-electron chi connectivity index (χ3n) is 2.84. The first-order valence-corrected chi connectivity index (χ1v) is 6.25. The van der Waals surface area contributed by atoms with Crippen molar-refractivity contribution in [2.24, 2.45) is 0 Å². The summed E-state index contributed by atoms with van der Waals surface area (Å²) in [7, 11) is 0. The van der Waals surface area contributed by atoms with Crippen molar-refractivity contribution in [2.75, 3.05) is 5.32 Å². The van der Waals surface area contributed by atoms with Crippen LogP contribution >= 0.6 is 0 Å². The first kappa shape index (κ1) is 12.7. The Bertz CT molecular complexity index is 774. The first-order valence-electron chi connectivity index (χ1n) is 6.25. The lowest BCUT2D eigenvalue weighted by atomic mass is 10.2. The molecule has 3 heterocycles. The van der Waals surface area contributed by atoms with Crippen molar-refractivity contribution >= 4 is 5.82 Å². The van der Waals surface area contributed by atoms with Crippen LogP contribution in [-0.2, 0) is 6.54 Å². The minimum atomic E-state index is 0.279. The molecule has 0 saturated carbocycles. The number of anilines is 1. The van der Waals surface area contributed by atoms with Crippen LogP contribution in [0.2, 0.25) is 0 Å². The van der Waals surface area contributed by atoms with Gasteiger partial charge in [-0.2, -0.15) is 5.26 Å². The third-order valence-corrected chi connectivity index (χ3v) is 2.84. The normalized spacial score (nSPS) is 10.0.